The second-order valence-electron chi connectivity index (χ2n) is 6.75. The highest BCUT2D eigenvalue weighted by atomic mass is 16.5. The zero-order valence-electron chi connectivity index (χ0n) is 16.5. The molecule has 2 aliphatic heterocycles. The number of phenols is 1. The Hall–Kier alpha value is -3.27. The van der Waals surface area contributed by atoms with Gasteiger partial charge in [0.2, 0.25) is 17.7 Å². The molecule has 154 valence electrons. The molecule has 29 heavy (non-hydrogen) atoms. The number of phenolic OH excluding ortho intramolecular Hbond substituents is 1. The molecule has 2 N–H and O–H groups in total. The molecule has 2 aliphatic rings. The number of morpholine rings is 1. The summed E-state index contributed by atoms with van der Waals surface area (Å²) in [6, 6.07) is 4.75. The Morgan fingerprint density at radius 1 is 1.17 bits per heavy atom. The number of aliphatic imine (C=N–C) groups is 1. The number of guanidine groups is 1. The van der Waals surface area contributed by atoms with E-state index in [9.17, 15) is 9.90 Å². The minimum absolute atomic E-state index is 0.111. The van der Waals surface area contributed by atoms with Crippen LogP contribution in [0.1, 0.15) is 17.4 Å². The number of nitrogens with one attached hydrogen (secondary N) is 1. The quantitative estimate of drug-likeness (QED) is 0.782. The molecule has 3 heterocycles. The first kappa shape index (κ1) is 19.1. The predicted octanol–water partition coefficient (Wildman–Crippen LogP) is 0.935. The molecule has 1 saturated heterocycles. The van der Waals surface area contributed by atoms with Gasteiger partial charge in [0.15, 0.2) is 17.7 Å². The zero-order chi connectivity index (χ0) is 20.5. The number of rotatable bonds is 3. The van der Waals surface area contributed by atoms with E-state index < -0.39 is 6.17 Å². The second-order valence-corrected chi connectivity index (χ2v) is 6.75. The van der Waals surface area contributed by atoms with Crippen molar-refractivity contribution in [3.63, 3.8) is 0 Å². The molecule has 1 atom stereocenters. The summed E-state index contributed by atoms with van der Waals surface area (Å²) in [5.74, 6) is 1.37. The van der Waals surface area contributed by atoms with E-state index in [0.717, 1.165) is 0 Å². The van der Waals surface area contributed by atoms with Crippen LogP contribution < -0.4 is 20.3 Å². The summed E-state index contributed by atoms with van der Waals surface area (Å²) in [6.07, 6.45) is -0.701. The van der Waals surface area contributed by atoms with Gasteiger partial charge in [0.1, 0.15) is 0 Å². The number of aryl methyl sites for hydroxylation is 1. The molecule has 1 aromatic heterocycles. The van der Waals surface area contributed by atoms with Crippen LogP contribution in [0.3, 0.4) is 0 Å². The number of fused-ring (bicyclic) bond motifs is 1. The molecule has 2 aromatic rings. The van der Waals surface area contributed by atoms with Crippen molar-refractivity contribution >= 4 is 11.9 Å². The lowest BCUT2D eigenvalue weighted by atomic mass is 10.1. The average Bonchev–Trinajstić information content (AvgIpc) is 2.73. The predicted molar refractivity (Wildman–Crippen MR) is 106 cm³/mol. The highest BCUT2D eigenvalue weighted by molar-refractivity contribution is 5.93. The fourth-order valence-electron chi connectivity index (χ4n) is 3.46. The number of nitrogens with zero attached hydrogens (tertiary/aromatic N) is 4. The highest BCUT2D eigenvalue weighted by Gasteiger charge is 2.29. The van der Waals surface area contributed by atoms with Crippen LogP contribution in [0.5, 0.6) is 17.2 Å². The maximum atomic E-state index is 12.8. The normalized spacial score (nSPS) is 18.5. The summed E-state index contributed by atoms with van der Waals surface area (Å²) >= 11 is 0. The van der Waals surface area contributed by atoms with Gasteiger partial charge in [0, 0.05) is 30.4 Å². The fourth-order valence-corrected chi connectivity index (χ4v) is 3.46. The number of anilines is 1. The minimum Gasteiger partial charge on any atom is -0.502 e. The lowest BCUT2D eigenvalue weighted by Gasteiger charge is -2.34. The van der Waals surface area contributed by atoms with E-state index in [2.05, 4.69) is 15.2 Å². The van der Waals surface area contributed by atoms with Crippen LogP contribution in [-0.2, 0) is 4.74 Å². The summed E-state index contributed by atoms with van der Waals surface area (Å²) in [7, 11) is 2.91. The first-order chi connectivity index (χ1) is 14.0. The molecule has 1 fully saturated rings. The third-order valence-electron chi connectivity index (χ3n) is 4.90. The van der Waals surface area contributed by atoms with E-state index >= 15 is 0 Å². The Kier molecular flexibility index (Phi) is 5.01. The summed E-state index contributed by atoms with van der Waals surface area (Å²) in [5, 5.41) is 13.4. The van der Waals surface area contributed by atoms with E-state index in [4.69, 9.17) is 19.2 Å². The fraction of sp³-hybridized carbons (Fsp3) is 0.421. The molecule has 10 heteroatoms. The molecule has 4 rings (SSSR count). The van der Waals surface area contributed by atoms with Gasteiger partial charge in [-0.3, -0.25) is 14.7 Å². The van der Waals surface area contributed by atoms with Crippen LogP contribution in [-0.4, -0.2) is 66.0 Å². The molecule has 10 nitrogen and oxygen atoms in total. The first-order valence-corrected chi connectivity index (χ1v) is 9.24. The maximum Gasteiger partial charge on any atom is 0.257 e. The summed E-state index contributed by atoms with van der Waals surface area (Å²) < 4.78 is 17.5. The largest absolute Gasteiger partial charge is 0.502 e. The molecule has 0 bridgehead atoms. The Bertz CT molecular complexity index is 988. The van der Waals surface area contributed by atoms with Crippen LogP contribution >= 0.6 is 0 Å². The highest BCUT2D eigenvalue weighted by Crippen LogP contribution is 2.40. The average molecular weight is 401 g/mol. The Labute approximate surface area is 167 Å². The maximum absolute atomic E-state index is 12.8. The van der Waals surface area contributed by atoms with E-state index in [0.29, 0.717) is 49.5 Å². The monoisotopic (exact) mass is 401 g/mol. The molecule has 1 aromatic carbocycles. The van der Waals surface area contributed by atoms with Gasteiger partial charge in [-0.15, -0.1) is 0 Å². The topological polar surface area (TPSA) is 110 Å². The molecule has 0 spiro atoms. The van der Waals surface area contributed by atoms with E-state index in [1.54, 1.807) is 19.1 Å². The Balaban J connectivity index is 1.88. The number of hydrogen-bond acceptors (Lipinski definition) is 9. The Morgan fingerprint density at radius 2 is 1.83 bits per heavy atom. The number of ether oxygens (including phenoxy) is 3. The van der Waals surface area contributed by atoms with E-state index in [1.807, 2.05) is 0 Å². The molecular formula is C19H23N5O5. The summed E-state index contributed by atoms with van der Waals surface area (Å²) in [4.78, 5) is 24.1. The second kappa shape index (κ2) is 7.63. The summed E-state index contributed by atoms with van der Waals surface area (Å²) in [5.41, 5.74) is 0.996. The van der Waals surface area contributed by atoms with Crippen molar-refractivity contribution in [3.05, 3.63) is 39.8 Å². The smallest absolute Gasteiger partial charge is 0.257 e. The van der Waals surface area contributed by atoms with E-state index in [1.165, 1.54) is 24.9 Å². The molecule has 0 amide bonds. The standard InChI is InChI=1S/C19H23N5O5/c1-11-8-15(25)24-17(12-9-13(27-2)16(26)14(10-12)28-3)21-18(22-19(24)20-11)23-4-6-29-7-5-23/h8-10,17,26H,4-7H2,1-3H3,(H,20,21,22)/t17-/m0/s1. The van der Waals surface area contributed by atoms with Crippen LogP contribution in [0.2, 0.25) is 0 Å². The van der Waals surface area contributed by atoms with E-state index in [-0.39, 0.29) is 22.8 Å². The van der Waals surface area contributed by atoms with Gasteiger partial charge in [-0.1, -0.05) is 0 Å². The van der Waals surface area contributed by atoms with Crippen molar-refractivity contribution in [1.29, 1.82) is 0 Å². The van der Waals surface area contributed by atoms with Crippen molar-refractivity contribution in [2.24, 2.45) is 4.99 Å². The lowest BCUT2D eigenvalue weighted by molar-refractivity contribution is 0.0675. The van der Waals surface area contributed by atoms with Gasteiger partial charge in [-0.05, 0) is 19.1 Å². The van der Waals surface area contributed by atoms with Crippen LogP contribution in [0.25, 0.3) is 0 Å². The van der Waals surface area contributed by atoms with Gasteiger partial charge in [-0.2, -0.15) is 0 Å². The number of methoxy groups -OCH3 is 2. The number of aromatic nitrogens is 2. The van der Waals surface area contributed by atoms with Crippen LogP contribution in [0.15, 0.2) is 28.0 Å². The van der Waals surface area contributed by atoms with Crippen molar-refractivity contribution in [3.8, 4) is 17.2 Å². The van der Waals surface area contributed by atoms with Crippen LogP contribution in [0.4, 0.5) is 5.95 Å². The van der Waals surface area contributed by atoms with Gasteiger partial charge in [0.05, 0.1) is 27.4 Å². The Morgan fingerprint density at radius 3 is 2.45 bits per heavy atom. The van der Waals surface area contributed by atoms with Gasteiger partial charge >= 0.3 is 0 Å². The molecule has 0 aliphatic carbocycles. The van der Waals surface area contributed by atoms with Crippen molar-refractivity contribution < 1.29 is 19.3 Å². The molecule has 0 unspecified atom stereocenters. The number of aromatic hydroxyl groups is 1. The van der Waals surface area contributed by atoms with Crippen molar-refractivity contribution in [1.82, 2.24) is 14.5 Å². The van der Waals surface area contributed by atoms with Crippen molar-refractivity contribution in [2.45, 2.75) is 13.1 Å². The van der Waals surface area contributed by atoms with Gasteiger partial charge in [0.25, 0.3) is 5.56 Å². The van der Waals surface area contributed by atoms with Crippen LogP contribution in [0, 0.1) is 6.92 Å². The molecular weight excluding hydrogens is 378 g/mol. The number of benzene rings is 1. The lowest BCUT2D eigenvalue weighted by Crippen LogP contribution is -2.47. The SMILES string of the molecule is COc1cc([C@H]2N=C(N3CCOCC3)Nc3nc(C)cc(=O)n32)cc(OC)c1O. The first-order valence-electron chi connectivity index (χ1n) is 9.24. The van der Waals surface area contributed by atoms with Gasteiger partial charge < -0.3 is 24.2 Å². The van der Waals surface area contributed by atoms with Crippen molar-refractivity contribution in [2.75, 3.05) is 45.8 Å². The van der Waals surface area contributed by atoms with Gasteiger partial charge in [-0.25, -0.2) is 9.98 Å². The third-order valence-corrected chi connectivity index (χ3v) is 4.90. The number of hydrogen-bond donors (Lipinski definition) is 2. The molecule has 0 saturated carbocycles. The third kappa shape index (κ3) is 3.46. The summed E-state index contributed by atoms with van der Waals surface area (Å²) in [6.45, 7) is 4.32. The molecule has 0 radical (unpaired) electrons. The minimum atomic E-state index is -0.701. The zero-order valence-corrected chi connectivity index (χ0v) is 16.5.